The molecule has 1 heterocycles. The number of hydrogen-bond acceptors (Lipinski definition) is 2. The van der Waals surface area contributed by atoms with Gasteiger partial charge < -0.3 is 16.0 Å². The van der Waals surface area contributed by atoms with Crippen molar-refractivity contribution >= 4 is 17.6 Å². The Kier molecular flexibility index (Phi) is 4.32. The van der Waals surface area contributed by atoms with Crippen LogP contribution in [0, 0.1) is 5.92 Å². The number of para-hydroxylation sites is 1. The zero-order valence-electron chi connectivity index (χ0n) is 13.2. The standard InChI is InChI=1S/C17H24N4O/c1-3-18-17(21-15-10-11(15)2)19-9-8-13-12-6-4-5-7-14(12)20-16(13)22/h4-7,11,13,15H,3,8-10H2,1-2H3,(H,20,22)(H2,18,19,21). The zero-order chi connectivity index (χ0) is 15.5. The van der Waals surface area contributed by atoms with Crippen LogP contribution >= 0.6 is 0 Å². The Balaban J connectivity index is 1.59. The minimum absolute atomic E-state index is 0.0809. The zero-order valence-corrected chi connectivity index (χ0v) is 13.2. The van der Waals surface area contributed by atoms with Crippen molar-refractivity contribution in [2.45, 2.75) is 38.6 Å². The highest BCUT2D eigenvalue weighted by Crippen LogP contribution is 2.34. The fourth-order valence-electron chi connectivity index (χ4n) is 2.89. The summed E-state index contributed by atoms with van der Waals surface area (Å²) in [5.41, 5.74) is 2.04. The Labute approximate surface area is 131 Å². The minimum atomic E-state index is -0.0809. The molecule has 1 aromatic carbocycles. The van der Waals surface area contributed by atoms with Crippen LogP contribution in [-0.4, -0.2) is 31.0 Å². The lowest BCUT2D eigenvalue weighted by atomic mass is 9.97. The van der Waals surface area contributed by atoms with E-state index in [2.05, 4.69) is 34.8 Å². The summed E-state index contributed by atoms with van der Waals surface area (Å²) in [5.74, 6) is 1.60. The number of fused-ring (bicyclic) bond motifs is 1. The highest BCUT2D eigenvalue weighted by atomic mass is 16.2. The number of nitrogens with zero attached hydrogens (tertiary/aromatic N) is 1. The lowest BCUT2D eigenvalue weighted by Gasteiger charge is -2.12. The Bertz CT molecular complexity index is 584. The summed E-state index contributed by atoms with van der Waals surface area (Å²) in [6.45, 7) is 5.79. The molecule has 3 atom stereocenters. The van der Waals surface area contributed by atoms with Crippen LogP contribution in [0.3, 0.4) is 0 Å². The van der Waals surface area contributed by atoms with Gasteiger partial charge in [0.25, 0.3) is 0 Å². The van der Waals surface area contributed by atoms with E-state index in [1.54, 1.807) is 0 Å². The molecule has 0 radical (unpaired) electrons. The van der Waals surface area contributed by atoms with Crippen molar-refractivity contribution in [2.24, 2.45) is 10.9 Å². The molecule has 3 rings (SSSR count). The molecule has 1 aliphatic heterocycles. The van der Waals surface area contributed by atoms with Gasteiger partial charge in [0.15, 0.2) is 5.96 Å². The van der Waals surface area contributed by atoms with Crippen LogP contribution in [0.1, 0.15) is 38.2 Å². The summed E-state index contributed by atoms with van der Waals surface area (Å²) in [5, 5.41) is 9.64. The predicted molar refractivity (Wildman–Crippen MR) is 89.1 cm³/mol. The SMILES string of the molecule is CCNC(=NCCC1C(=O)Nc2ccccc21)NC1CC1C. The highest BCUT2D eigenvalue weighted by molar-refractivity contribution is 6.02. The third-order valence-corrected chi connectivity index (χ3v) is 4.37. The molecule has 1 aromatic rings. The van der Waals surface area contributed by atoms with Crippen LogP contribution < -0.4 is 16.0 Å². The van der Waals surface area contributed by atoms with E-state index in [1.807, 2.05) is 24.3 Å². The molecule has 22 heavy (non-hydrogen) atoms. The summed E-state index contributed by atoms with van der Waals surface area (Å²) >= 11 is 0. The van der Waals surface area contributed by atoms with E-state index in [-0.39, 0.29) is 11.8 Å². The van der Waals surface area contributed by atoms with Gasteiger partial charge in [0.1, 0.15) is 0 Å². The highest BCUT2D eigenvalue weighted by Gasteiger charge is 2.33. The van der Waals surface area contributed by atoms with Crippen LogP contribution in [0.2, 0.25) is 0 Å². The Morgan fingerprint density at radius 1 is 1.41 bits per heavy atom. The molecule has 0 saturated heterocycles. The van der Waals surface area contributed by atoms with E-state index in [4.69, 9.17) is 0 Å². The molecule has 1 aliphatic carbocycles. The van der Waals surface area contributed by atoms with Gasteiger partial charge in [0.2, 0.25) is 5.91 Å². The first-order chi connectivity index (χ1) is 10.7. The van der Waals surface area contributed by atoms with Crippen LogP contribution in [0.4, 0.5) is 5.69 Å². The van der Waals surface area contributed by atoms with Gasteiger partial charge in [0.05, 0.1) is 5.92 Å². The first-order valence-corrected chi connectivity index (χ1v) is 8.13. The van der Waals surface area contributed by atoms with Gasteiger partial charge >= 0.3 is 0 Å². The van der Waals surface area contributed by atoms with Gasteiger partial charge in [-0.25, -0.2) is 0 Å². The molecule has 1 fully saturated rings. The fourth-order valence-corrected chi connectivity index (χ4v) is 2.89. The summed E-state index contributed by atoms with van der Waals surface area (Å²) in [7, 11) is 0. The van der Waals surface area contributed by atoms with E-state index >= 15 is 0 Å². The summed E-state index contributed by atoms with van der Waals surface area (Å²) in [6, 6.07) is 8.46. The molecule has 118 valence electrons. The number of benzene rings is 1. The van der Waals surface area contributed by atoms with E-state index in [0.717, 1.165) is 36.1 Å². The van der Waals surface area contributed by atoms with Crippen molar-refractivity contribution in [3.63, 3.8) is 0 Å². The smallest absolute Gasteiger partial charge is 0.232 e. The van der Waals surface area contributed by atoms with Gasteiger partial charge in [0, 0.05) is 24.8 Å². The molecular formula is C17H24N4O. The van der Waals surface area contributed by atoms with Crippen molar-refractivity contribution in [3.05, 3.63) is 29.8 Å². The van der Waals surface area contributed by atoms with E-state index in [0.29, 0.717) is 12.6 Å². The number of anilines is 1. The van der Waals surface area contributed by atoms with E-state index < -0.39 is 0 Å². The Morgan fingerprint density at radius 3 is 2.91 bits per heavy atom. The molecule has 2 aliphatic rings. The van der Waals surface area contributed by atoms with Crippen LogP contribution in [-0.2, 0) is 4.79 Å². The average Bonchev–Trinajstić information content (AvgIpc) is 3.09. The van der Waals surface area contributed by atoms with Crippen LogP contribution in [0.15, 0.2) is 29.3 Å². The predicted octanol–water partition coefficient (Wildman–Crippen LogP) is 2.08. The van der Waals surface area contributed by atoms with Crippen LogP contribution in [0.25, 0.3) is 0 Å². The van der Waals surface area contributed by atoms with Crippen molar-refractivity contribution in [1.82, 2.24) is 10.6 Å². The lowest BCUT2D eigenvalue weighted by molar-refractivity contribution is -0.117. The molecule has 3 N–H and O–H groups in total. The maximum Gasteiger partial charge on any atom is 0.232 e. The minimum Gasteiger partial charge on any atom is -0.357 e. The monoisotopic (exact) mass is 300 g/mol. The molecule has 5 nitrogen and oxygen atoms in total. The molecule has 0 bridgehead atoms. The maximum absolute atomic E-state index is 12.1. The van der Waals surface area contributed by atoms with Gasteiger partial charge in [-0.2, -0.15) is 0 Å². The quantitative estimate of drug-likeness (QED) is 0.576. The van der Waals surface area contributed by atoms with E-state index in [1.165, 1.54) is 6.42 Å². The first kappa shape index (κ1) is 14.9. The molecule has 0 aromatic heterocycles. The number of guanidine groups is 1. The molecule has 1 saturated carbocycles. The van der Waals surface area contributed by atoms with Crippen molar-refractivity contribution < 1.29 is 4.79 Å². The van der Waals surface area contributed by atoms with Gasteiger partial charge in [-0.3, -0.25) is 9.79 Å². The molecule has 3 unspecified atom stereocenters. The fraction of sp³-hybridized carbons (Fsp3) is 0.529. The van der Waals surface area contributed by atoms with Crippen molar-refractivity contribution in [1.29, 1.82) is 0 Å². The Hall–Kier alpha value is -2.04. The first-order valence-electron chi connectivity index (χ1n) is 8.13. The lowest BCUT2D eigenvalue weighted by Crippen LogP contribution is -2.39. The van der Waals surface area contributed by atoms with Gasteiger partial charge in [-0.15, -0.1) is 0 Å². The number of carbonyl (C=O) groups is 1. The normalized spacial score (nSPS) is 26.4. The summed E-state index contributed by atoms with van der Waals surface area (Å²) in [4.78, 5) is 16.7. The van der Waals surface area contributed by atoms with Crippen molar-refractivity contribution in [3.8, 4) is 0 Å². The number of nitrogens with one attached hydrogen (secondary N) is 3. The molecule has 1 amide bonds. The van der Waals surface area contributed by atoms with Gasteiger partial charge in [-0.1, -0.05) is 25.1 Å². The average molecular weight is 300 g/mol. The third-order valence-electron chi connectivity index (χ3n) is 4.37. The largest absolute Gasteiger partial charge is 0.357 e. The van der Waals surface area contributed by atoms with Gasteiger partial charge in [-0.05, 0) is 37.3 Å². The number of aliphatic imine (C=N–C) groups is 1. The third kappa shape index (κ3) is 3.24. The van der Waals surface area contributed by atoms with Crippen molar-refractivity contribution in [2.75, 3.05) is 18.4 Å². The second-order valence-electron chi connectivity index (χ2n) is 6.14. The number of amides is 1. The second-order valence-corrected chi connectivity index (χ2v) is 6.14. The summed E-state index contributed by atoms with van der Waals surface area (Å²) in [6.07, 6.45) is 1.95. The van der Waals surface area contributed by atoms with E-state index in [9.17, 15) is 4.79 Å². The molecular weight excluding hydrogens is 276 g/mol. The number of carbonyl (C=O) groups excluding carboxylic acids is 1. The Morgan fingerprint density at radius 2 is 2.18 bits per heavy atom. The maximum atomic E-state index is 12.1. The number of rotatable bonds is 5. The number of hydrogen-bond donors (Lipinski definition) is 3. The second kappa shape index (κ2) is 6.38. The van der Waals surface area contributed by atoms with Crippen LogP contribution in [0.5, 0.6) is 0 Å². The summed E-state index contributed by atoms with van der Waals surface area (Å²) < 4.78 is 0. The molecule has 0 spiro atoms. The molecule has 5 heteroatoms. The topological polar surface area (TPSA) is 65.5 Å².